The number of benzene rings is 1. The summed E-state index contributed by atoms with van der Waals surface area (Å²) in [5, 5.41) is 6.32. The zero-order chi connectivity index (χ0) is 17.5. The van der Waals surface area contributed by atoms with E-state index in [4.69, 9.17) is 4.98 Å². The van der Waals surface area contributed by atoms with E-state index in [1.807, 2.05) is 30.1 Å². The summed E-state index contributed by atoms with van der Waals surface area (Å²) in [6, 6.07) is 10.3. The van der Waals surface area contributed by atoms with Crippen molar-refractivity contribution in [3.8, 4) is 10.6 Å². The SMILES string of the molecule is CNCCCC(=O)N1CCN(Cc2csc(-c3ccccc3)n2)CC1. The summed E-state index contributed by atoms with van der Waals surface area (Å²) < 4.78 is 0. The monoisotopic (exact) mass is 358 g/mol. The van der Waals surface area contributed by atoms with E-state index in [1.54, 1.807) is 11.3 Å². The molecule has 2 heterocycles. The molecule has 1 fully saturated rings. The van der Waals surface area contributed by atoms with Gasteiger partial charge in [0, 0.05) is 50.1 Å². The smallest absolute Gasteiger partial charge is 0.222 e. The van der Waals surface area contributed by atoms with Gasteiger partial charge >= 0.3 is 0 Å². The normalized spacial score (nSPS) is 15.5. The number of nitrogens with zero attached hydrogens (tertiary/aromatic N) is 3. The van der Waals surface area contributed by atoms with Gasteiger partial charge in [-0.15, -0.1) is 11.3 Å². The summed E-state index contributed by atoms with van der Waals surface area (Å²) in [6.45, 7) is 5.28. The number of hydrogen-bond acceptors (Lipinski definition) is 5. The quantitative estimate of drug-likeness (QED) is 0.773. The van der Waals surface area contributed by atoms with Crippen LogP contribution in [0.25, 0.3) is 10.6 Å². The van der Waals surface area contributed by atoms with Gasteiger partial charge in [-0.25, -0.2) is 4.98 Å². The van der Waals surface area contributed by atoms with E-state index >= 15 is 0 Å². The van der Waals surface area contributed by atoms with Crippen molar-refractivity contribution < 1.29 is 4.79 Å². The van der Waals surface area contributed by atoms with Gasteiger partial charge in [-0.05, 0) is 20.0 Å². The number of piperazine rings is 1. The molecule has 1 aliphatic rings. The lowest BCUT2D eigenvalue weighted by molar-refractivity contribution is -0.133. The second-order valence-electron chi connectivity index (χ2n) is 6.37. The number of carbonyl (C=O) groups excluding carboxylic acids is 1. The molecule has 25 heavy (non-hydrogen) atoms. The number of amides is 1. The van der Waals surface area contributed by atoms with Crippen molar-refractivity contribution in [3.05, 3.63) is 41.4 Å². The average Bonchev–Trinajstić information content (AvgIpc) is 3.12. The standard InChI is InChI=1S/C19H26N4OS/c1-20-9-5-8-18(24)23-12-10-22(11-13-23)14-17-15-25-19(21-17)16-6-3-2-4-7-16/h2-4,6-7,15,20H,5,8-14H2,1H3. The van der Waals surface area contributed by atoms with E-state index in [1.165, 1.54) is 5.56 Å². The van der Waals surface area contributed by atoms with Crippen LogP contribution >= 0.6 is 11.3 Å². The maximum atomic E-state index is 12.2. The first-order valence-electron chi connectivity index (χ1n) is 8.91. The molecule has 1 aliphatic heterocycles. The molecule has 1 aromatic heterocycles. The summed E-state index contributed by atoms with van der Waals surface area (Å²) in [4.78, 5) is 21.3. The Bertz CT molecular complexity index is 665. The Morgan fingerprint density at radius 1 is 1.20 bits per heavy atom. The minimum absolute atomic E-state index is 0.287. The average molecular weight is 359 g/mol. The molecule has 1 N–H and O–H groups in total. The molecule has 6 heteroatoms. The highest BCUT2D eigenvalue weighted by atomic mass is 32.1. The largest absolute Gasteiger partial charge is 0.340 e. The summed E-state index contributed by atoms with van der Waals surface area (Å²) >= 11 is 1.70. The van der Waals surface area contributed by atoms with Crippen molar-refractivity contribution in [2.45, 2.75) is 19.4 Å². The van der Waals surface area contributed by atoms with Crippen LogP contribution in [0.4, 0.5) is 0 Å². The Labute approximate surface area is 153 Å². The van der Waals surface area contributed by atoms with Crippen molar-refractivity contribution in [1.29, 1.82) is 0 Å². The van der Waals surface area contributed by atoms with Gasteiger partial charge in [0.2, 0.25) is 5.91 Å². The van der Waals surface area contributed by atoms with Crippen molar-refractivity contribution in [2.75, 3.05) is 39.8 Å². The third-order valence-electron chi connectivity index (χ3n) is 4.50. The van der Waals surface area contributed by atoms with Crippen LogP contribution in [0.1, 0.15) is 18.5 Å². The third kappa shape index (κ3) is 5.11. The Morgan fingerprint density at radius 2 is 1.96 bits per heavy atom. The molecule has 1 aromatic carbocycles. The minimum atomic E-state index is 0.287. The second-order valence-corrected chi connectivity index (χ2v) is 7.23. The summed E-state index contributed by atoms with van der Waals surface area (Å²) in [6.07, 6.45) is 1.56. The van der Waals surface area contributed by atoms with E-state index in [0.29, 0.717) is 6.42 Å². The molecule has 134 valence electrons. The molecular weight excluding hydrogens is 332 g/mol. The number of carbonyl (C=O) groups is 1. The molecule has 0 atom stereocenters. The van der Waals surface area contributed by atoms with Crippen LogP contribution < -0.4 is 5.32 Å². The number of thiazole rings is 1. The number of rotatable bonds is 7. The molecule has 5 nitrogen and oxygen atoms in total. The Balaban J connectivity index is 1.46. The molecule has 1 amide bonds. The first kappa shape index (κ1) is 18.0. The number of nitrogens with one attached hydrogen (secondary N) is 1. The summed E-state index contributed by atoms with van der Waals surface area (Å²) in [5.41, 5.74) is 2.30. The van der Waals surface area contributed by atoms with Gasteiger partial charge in [0.15, 0.2) is 0 Å². The van der Waals surface area contributed by atoms with E-state index < -0.39 is 0 Å². The van der Waals surface area contributed by atoms with Gasteiger partial charge in [0.05, 0.1) is 5.69 Å². The predicted octanol–water partition coefficient (Wildman–Crippen LogP) is 2.45. The van der Waals surface area contributed by atoms with E-state index in [9.17, 15) is 4.79 Å². The van der Waals surface area contributed by atoms with Crippen molar-refractivity contribution in [3.63, 3.8) is 0 Å². The highest BCUT2D eigenvalue weighted by Crippen LogP contribution is 2.24. The van der Waals surface area contributed by atoms with Gasteiger partial charge in [0.25, 0.3) is 0 Å². The third-order valence-corrected chi connectivity index (χ3v) is 5.44. The lowest BCUT2D eigenvalue weighted by Gasteiger charge is -2.34. The van der Waals surface area contributed by atoms with Gasteiger partial charge in [-0.1, -0.05) is 30.3 Å². The summed E-state index contributed by atoms with van der Waals surface area (Å²) in [5.74, 6) is 0.287. The Kier molecular flexibility index (Phi) is 6.55. The fourth-order valence-electron chi connectivity index (χ4n) is 3.05. The zero-order valence-corrected chi connectivity index (χ0v) is 15.6. The fraction of sp³-hybridized carbons (Fsp3) is 0.474. The molecule has 0 aliphatic carbocycles. The second kappa shape index (κ2) is 9.08. The van der Waals surface area contributed by atoms with Crippen LogP contribution in [0.15, 0.2) is 35.7 Å². The summed E-state index contributed by atoms with van der Waals surface area (Å²) in [7, 11) is 1.92. The lowest BCUT2D eigenvalue weighted by atomic mass is 10.2. The predicted molar refractivity (Wildman–Crippen MR) is 103 cm³/mol. The molecule has 0 bridgehead atoms. The maximum Gasteiger partial charge on any atom is 0.222 e. The van der Waals surface area contributed by atoms with Crippen LogP contribution in [0, 0.1) is 0 Å². The van der Waals surface area contributed by atoms with Crippen LogP contribution in [0.2, 0.25) is 0 Å². The molecule has 0 saturated carbocycles. The van der Waals surface area contributed by atoms with Crippen LogP contribution in [0.3, 0.4) is 0 Å². The van der Waals surface area contributed by atoms with Gasteiger partial charge in [-0.2, -0.15) is 0 Å². The van der Waals surface area contributed by atoms with Crippen LogP contribution in [-0.2, 0) is 11.3 Å². The molecule has 0 radical (unpaired) electrons. The first-order chi connectivity index (χ1) is 12.3. The molecule has 0 unspecified atom stereocenters. The van der Waals surface area contributed by atoms with E-state index in [-0.39, 0.29) is 5.91 Å². The van der Waals surface area contributed by atoms with Crippen LogP contribution in [0.5, 0.6) is 0 Å². The van der Waals surface area contributed by atoms with E-state index in [0.717, 1.165) is 56.4 Å². The molecule has 2 aromatic rings. The number of aromatic nitrogens is 1. The van der Waals surface area contributed by atoms with Crippen molar-refractivity contribution in [1.82, 2.24) is 20.1 Å². The van der Waals surface area contributed by atoms with Gasteiger partial charge < -0.3 is 10.2 Å². The molecule has 3 rings (SSSR count). The zero-order valence-electron chi connectivity index (χ0n) is 14.8. The van der Waals surface area contributed by atoms with Crippen LogP contribution in [-0.4, -0.2) is 60.5 Å². The Morgan fingerprint density at radius 3 is 2.68 bits per heavy atom. The molecule has 1 saturated heterocycles. The Hall–Kier alpha value is -1.76. The minimum Gasteiger partial charge on any atom is -0.340 e. The lowest BCUT2D eigenvalue weighted by Crippen LogP contribution is -2.48. The van der Waals surface area contributed by atoms with Crippen molar-refractivity contribution in [2.24, 2.45) is 0 Å². The maximum absolute atomic E-state index is 12.2. The number of hydrogen-bond donors (Lipinski definition) is 1. The highest BCUT2D eigenvalue weighted by Gasteiger charge is 2.21. The molecule has 0 spiro atoms. The first-order valence-corrected chi connectivity index (χ1v) is 9.79. The highest BCUT2D eigenvalue weighted by molar-refractivity contribution is 7.13. The topological polar surface area (TPSA) is 48.5 Å². The fourth-order valence-corrected chi connectivity index (χ4v) is 3.87. The van der Waals surface area contributed by atoms with Gasteiger partial charge in [0.1, 0.15) is 5.01 Å². The van der Waals surface area contributed by atoms with Crippen molar-refractivity contribution >= 4 is 17.2 Å². The van der Waals surface area contributed by atoms with Gasteiger partial charge in [-0.3, -0.25) is 9.69 Å². The van der Waals surface area contributed by atoms with E-state index in [2.05, 4.69) is 27.7 Å². The molecular formula is C19H26N4OS.